The van der Waals surface area contributed by atoms with E-state index in [9.17, 15) is 30.0 Å². The molecule has 3 aliphatic rings. The van der Waals surface area contributed by atoms with E-state index in [0.29, 0.717) is 23.3 Å². The van der Waals surface area contributed by atoms with Crippen LogP contribution in [0.3, 0.4) is 0 Å². The number of allylic oxidation sites excluding steroid dienone is 2. The van der Waals surface area contributed by atoms with E-state index >= 15 is 0 Å². The number of fused-ring (bicyclic) bond motifs is 2. The van der Waals surface area contributed by atoms with Crippen LogP contribution < -0.4 is 0 Å². The molecule has 0 unspecified atom stereocenters. The number of phenolic OH excluding ortho intramolecular Hbond substituents is 1. The summed E-state index contributed by atoms with van der Waals surface area (Å²) in [5.74, 6) is -0.848. The van der Waals surface area contributed by atoms with Crippen LogP contribution in [0, 0.1) is 0 Å². The fourth-order valence-electron chi connectivity index (χ4n) is 4.38. The first-order valence-electron chi connectivity index (χ1n) is 9.96. The van der Waals surface area contributed by atoms with E-state index in [2.05, 4.69) is 0 Å². The molecule has 2 aliphatic heterocycles. The van der Waals surface area contributed by atoms with Crippen molar-refractivity contribution in [3.8, 4) is 5.75 Å². The predicted octanol–water partition coefficient (Wildman–Crippen LogP) is 1.41. The number of ketones is 2. The Morgan fingerprint density at radius 3 is 2.50 bits per heavy atom. The molecule has 0 aromatic heterocycles. The third-order valence-corrected chi connectivity index (χ3v) is 5.82. The largest absolute Gasteiger partial charge is 0.507 e. The number of Topliss-reactive ketones (excluding diaryl/α,β-unsaturated/α-hetero) is 1. The quantitative estimate of drug-likeness (QED) is 0.579. The second-order valence-electron chi connectivity index (χ2n) is 7.85. The van der Waals surface area contributed by atoms with Gasteiger partial charge in [-0.15, -0.1) is 0 Å². The summed E-state index contributed by atoms with van der Waals surface area (Å²) in [6.45, 7) is 3.21. The molecule has 1 aliphatic carbocycles. The Morgan fingerprint density at radius 1 is 1.13 bits per heavy atom. The van der Waals surface area contributed by atoms with Crippen molar-refractivity contribution >= 4 is 17.6 Å². The number of carbonyl (C=O) groups excluding carboxylic acids is 2. The Hall–Kier alpha value is -2.52. The van der Waals surface area contributed by atoms with Crippen molar-refractivity contribution < 1.29 is 39.5 Å². The van der Waals surface area contributed by atoms with Crippen molar-refractivity contribution in [2.45, 2.75) is 57.2 Å². The molecule has 1 saturated heterocycles. The first kappa shape index (κ1) is 20.7. The Morgan fingerprint density at radius 2 is 1.87 bits per heavy atom. The summed E-state index contributed by atoms with van der Waals surface area (Å²) in [4.78, 5) is 26.1. The topological polar surface area (TPSA) is 134 Å². The number of aliphatic hydroxyl groups is 3. The van der Waals surface area contributed by atoms with Crippen LogP contribution in [0.2, 0.25) is 0 Å². The monoisotopic (exact) mass is 416 g/mol. The van der Waals surface area contributed by atoms with Gasteiger partial charge < -0.3 is 29.9 Å². The number of carbonyl (C=O) groups is 2. The molecule has 1 aromatic rings. The molecule has 0 spiro atoms. The average Bonchev–Trinajstić information content (AvgIpc) is 2.98. The molecule has 0 bridgehead atoms. The Kier molecular flexibility index (Phi) is 5.27. The van der Waals surface area contributed by atoms with E-state index in [1.54, 1.807) is 19.1 Å². The summed E-state index contributed by atoms with van der Waals surface area (Å²) in [6.07, 6.45) is -1.54. The second kappa shape index (κ2) is 7.63. The van der Waals surface area contributed by atoms with E-state index < -0.39 is 48.7 Å². The molecule has 8 heteroatoms. The van der Waals surface area contributed by atoms with Crippen molar-refractivity contribution in [1.29, 1.82) is 0 Å². The molecule has 0 radical (unpaired) electrons. The second-order valence-corrected chi connectivity index (χ2v) is 7.85. The number of hydrogen-bond donors (Lipinski definition) is 4. The smallest absolute Gasteiger partial charge is 0.196 e. The first-order chi connectivity index (χ1) is 14.3. The molecule has 4 N–H and O–H groups in total. The molecular weight excluding hydrogens is 392 g/mol. The van der Waals surface area contributed by atoms with Crippen molar-refractivity contribution in [3.05, 3.63) is 45.7 Å². The van der Waals surface area contributed by atoms with Crippen LogP contribution in [0.5, 0.6) is 5.75 Å². The van der Waals surface area contributed by atoms with E-state index in [1.165, 1.54) is 0 Å². The number of ether oxygens (including phenoxy) is 2. The Bertz CT molecular complexity index is 976. The summed E-state index contributed by atoms with van der Waals surface area (Å²) >= 11 is 0. The van der Waals surface area contributed by atoms with E-state index in [0.717, 1.165) is 12.5 Å². The van der Waals surface area contributed by atoms with Gasteiger partial charge >= 0.3 is 0 Å². The molecule has 4 rings (SSSR count). The lowest BCUT2D eigenvalue weighted by Gasteiger charge is -2.29. The number of aromatic hydroxyl groups is 1. The number of rotatable bonds is 4. The lowest BCUT2D eigenvalue weighted by atomic mass is 9.81. The zero-order valence-corrected chi connectivity index (χ0v) is 16.7. The van der Waals surface area contributed by atoms with Crippen LogP contribution in [-0.4, -0.2) is 63.0 Å². The van der Waals surface area contributed by atoms with E-state index in [1.807, 2.05) is 6.92 Å². The predicted molar refractivity (Wildman–Crippen MR) is 105 cm³/mol. The normalized spacial score (nSPS) is 30.4. The zero-order chi connectivity index (χ0) is 21.7. The number of hydrogen-bond acceptors (Lipinski definition) is 8. The summed E-state index contributed by atoms with van der Waals surface area (Å²) in [7, 11) is 0. The van der Waals surface area contributed by atoms with Crippen LogP contribution in [0.4, 0.5) is 0 Å². The van der Waals surface area contributed by atoms with Gasteiger partial charge in [-0.2, -0.15) is 0 Å². The van der Waals surface area contributed by atoms with Crippen LogP contribution in [0.1, 0.15) is 64.6 Å². The third kappa shape index (κ3) is 3.07. The van der Waals surface area contributed by atoms with Gasteiger partial charge in [0.15, 0.2) is 11.6 Å². The molecular formula is C22H24O8. The van der Waals surface area contributed by atoms with E-state index in [4.69, 9.17) is 9.47 Å². The first-order valence-corrected chi connectivity index (χ1v) is 9.96. The van der Waals surface area contributed by atoms with Gasteiger partial charge in [0.1, 0.15) is 36.3 Å². The summed E-state index contributed by atoms with van der Waals surface area (Å²) in [5, 5.41) is 40.6. The minimum absolute atomic E-state index is 0.0629. The highest BCUT2D eigenvalue weighted by Gasteiger charge is 2.47. The fourth-order valence-corrected chi connectivity index (χ4v) is 4.38. The van der Waals surface area contributed by atoms with Crippen LogP contribution in [0.25, 0.3) is 6.08 Å². The Labute approximate surface area is 173 Å². The maximum absolute atomic E-state index is 13.3. The molecule has 30 heavy (non-hydrogen) atoms. The van der Waals surface area contributed by atoms with Crippen LogP contribution in [-0.2, 0) is 9.47 Å². The molecule has 8 nitrogen and oxygen atoms in total. The number of aliphatic hydroxyl groups excluding tert-OH is 3. The molecule has 0 saturated carbocycles. The van der Waals surface area contributed by atoms with Crippen molar-refractivity contribution in [3.63, 3.8) is 0 Å². The van der Waals surface area contributed by atoms with Gasteiger partial charge in [0, 0.05) is 16.7 Å². The van der Waals surface area contributed by atoms with Gasteiger partial charge in [-0.1, -0.05) is 13.3 Å². The minimum Gasteiger partial charge on any atom is -0.507 e. The number of benzene rings is 1. The molecule has 1 fully saturated rings. The highest BCUT2D eigenvalue weighted by Crippen LogP contribution is 2.45. The van der Waals surface area contributed by atoms with Crippen molar-refractivity contribution in [2.75, 3.05) is 6.61 Å². The van der Waals surface area contributed by atoms with Gasteiger partial charge in [-0.3, -0.25) is 9.59 Å². The molecule has 0 amide bonds. The van der Waals surface area contributed by atoms with Crippen LogP contribution in [0.15, 0.2) is 23.5 Å². The van der Waals surface area contributed by atoms with Crippen molar-refractivity contribution in [1.82, 2.24) is 0 Å². The molecule has 2 heterocycles. The molecule has 1 aromatic carbocycles. The SMILES string of the molecule is CCC[C@H]1OC(C)=Cc2cc3c(c(O)c21)C(=O)C([C@H]1O[C@@H](CO)[C@@H](O)[C@@H]1O)=CC3=O. The maximum atomic E-state index is 13.3. The molecule has 160 valence electrons. The highest BCUT2D eigenvalue weighted by atomic mass is 16.6. The lowest BCUT2D eigenvalue weighted by Crippen LogP contribution is -2.36. The summed E-state index contributed by atoms with van der Waals surface area (Å²) in [5.41, 5.74) is 0.810. The van der Waals surface area contributed by atoms with E-state index in [-0.39, 0.29) is 22.4 Å². The Balaban J connectivity index is 1.81. The lowest BCUT2D eigenvalue weighted by molar-refractivity contribution is -0.0139. The summed E-state index contributed by atoms with van der Waals surface area (Å²) < 4.78 is 11.3. The molecule has 5 atom stereocenters. The zero-order valence-electron chi connectivity index (χ0n) is 16.7. The van der Waals surface area contributed by atoms with Gasteiger partial charge in [0.05, 0.1) is 17.9 Å². The minimum atomic E-state index is -1.49. The average molecular weight is 416 g/mol. The standard InChI is InChI=1S/C22H24O8/c1-3-4-14-16-10(5-9(2)29-14)6-11-13(24)7-12(18(25)17(11)20(16)27)22-21(28)19(26)15(8-23)30-22/h5-7,14-15,19,21-23,26-28H,3-4,8H2,1-2H3/t14-,15+,19-,21+,22-/m1/s1. The van der Waals surface area contributed by atoms with Gasteiger partial charge in [-0.25, -0.2) is 0 Å². The summed E-state index contributed by atoms with van der Waals surface area (Å²) in [6, 6.07) is 1.57. The van der Waals surface area contributed by atoms with Gasteiger partial charge in [0.2, 0.25) is 0 Å². The fraction of sp³-hybridized carbons (Fsp3) is 0.455. The van der Waals surface area contributed by atoms with Crippen molar-refractivity contribution in [2.24, 2.45) is 0 Å². The van der Waals surface area contributed by atoms with Crippen LogP contribution >= 0.6 is 0 Å². The maximum Gasteiger partial charge on any atom is 0.196 e. The van der Waals surface area contributed by atoms with Gasteiger partial charge in [-0.05, 0) is 37.1 Å². The van der Waals surface area contributed by atoms with Gasteiger partial charge in [0.25, 0.3) is 0 Å². The third-order valence-electron chi connectivity index (χ3n) is 5.82. The number of phenols is 1. The highest BCUT2D eigenvalue weighted by molar-refractivity contribution is 6.26.